The second-order valence-corrected chi connectivity index (χ2v) is 6.97. The van der Waals surface area contributed by atoms with Crippen LogP contribution < -0.4 is 10.2 Å². The lowest BCUT2D eigenvalue weighted by atomic mass is 10.1. The van der Waals surface area contributed by atoms with Crippen molar-refractivity contribution in [2.75, 3.05) is 7.11 Å². The Balaban J connectivity index is 1.58. The highest BCUT2D eigenvalue weighted by Gasteiger charge is 2.14. The van der Waals surface area contributed by atoms with Gasteiger partial charge in [-0.2, -0.15) is 5.10 Å². The molecule has 4 rings (SSSR count). The number of furan rings is 1. The largest absolute Gasteiger partial charge is 0.504 e. The van der Waals surface area contributed by atoms with Gasteiger partial charge in [0, 0.05) is 15.4 Å². The third-order valence-electron chi connectivity index (χ3n) is 4.31. The molecule has 0 radical (unpaired) electrons. The highest BCUT2D eigenvalue weighted by molar-refractivity contribution is 9.10. The topological polar surface area (TPSA) is 84.1 Å². The van der Waals surface area contributed by atoms with Crippen molar-refractivity contribution in [2.45, 2.75) is 0 Å². The van der Waals surface area contributed by atoms with Crippen molar-refractivity contribution in [2.24, 2.45) is 5.10 Å². The molecular formula is C21H15BrN2O4. The molecule has 0 spiro atoms. The fourth-order valence-electron chi connectivity index (χ4n) is 2.97. The summed E-state index contributed by atoms with van der Waals surface area (Å²) in [6.07, 6.45) is 1.33. The fraction of sp³-hybridized carbons (Fsp3) is 0.0476. The zero-order valence-electron chi connectivity index (χ0n) is 14.8. The molecular weight excluding hydrogens is 424 g/mol. The van der Waals surface area contributed by atoms with Gasteiger partial charge in [-0.15, -0.1) is 0 Å². The van der Waals surface area contributed by atoms with E-state index in [9.17, 15) is 9.90 Å². The van der Waals surface area contributed by atoms with Gasteiger partial charge in [0.05, 0.1) is 13.3 Å². The molecule has 2 N–H and O–H groups in total. The average Bonchev–Trinajstić information content (AvgIpc) is 3.15. The molecule has 3 aromatic carbocycles. The molecule has 0 bridgehead atoms. The van der Waals surface area contributed by atoms with Gasteiger partial charge in [-0.1, -0.05) is 46.3 Å². The molecule has 0 aliphatic heterocycles. The number of methoxy groups -OCH3 is 1. The lowest BCUT2D eigenvalue weighted by Gasteiger charge is -2.06. The number of amides is 1. The quantitative estimate of drug-likeness (QED) is 0.353. The minimum absolute atomic E-state index is 0.0705. The monoisotopic (exact) mass is 438 g/mol. The van der Waals surface area contributed by atoms with Crippen LogP contribution in [-0.4, -0.2) is 24.3 Å². The SMILES string of the molecule is COc1cc(Br)cc(C=NNC(=O)c2cc3c(ccc4ccccc43)o2)c1O. The molecule has 140 valence electrons. The highest BCUT2D eigenvalue weighted by atomic mass is 79.9. The Labute approximate surface area is 168 Å². The van der Waals surface area contributed by atoms with E-state index in [2.05, 4.69) is 26.5 Å². The maximum Gasteiger partial charge on any atom is 0.307 e. The van der Waals surface area contributed by atoms with E-state index in [1.165, 1.54) is 13.3 Å². The molecule has 0 saturated carbocycles. The number of carbonyl (C=O) groups excluding carboxylic acids is 1. The van der Waals surface area contributed by atoms with Crippen LogP contribution in [0.1, 0.15) is 16.1 Å². The second kappa shape index (κ2) is 7.36. The second-order valence-electron chi connectivity index (χ2n) is 6.05. The zero-order chi connectivity index (χ0) is 19.7. The molecule has 1 amide bonds. The highest BCUT2D eigenvalue weighted by Crippen LogP contribution is 2.32. The van der Waals surface area contributed by atoms with Gasteiger partial charge in [0.15, 0.2) is 17.3 Å². The average molecular weight is 439 g/mol. The number of halogens is 1. The van der Waals surface area contributed by atoms with Crippen LogP contribution in [0.25, 0.3) is 21.7 Å². The van der Waals surface area contributed by atoms with Gasteiger partial charge < -0.3 is 14.3 Å². The minimum Gasteiger partial charge on any atom is -0.504 e. The van der Waals surface area contributed by atoms with E-state index < -0.39 is 5.91 Å². The standard InChI is InChI=1S/C21H15BrN2O4/c1-27-18-9-14(22)8-13(20(18)25)11-23-24-21(26)19-10-16-15-5-3-2-4-12(15)6-7-17(16)28-19/h2-11,25H,1H3,(H,24,26). The minimum atomic E-state index is -0.488. The van der Waals surface area contributed by atoms with Crippen LogP contribution in [-0.2, 0) is 0 Å². The van der Waals surface area contributed by atoms with Crippen LogP contribution in [0.15, 0.2) is 68.6 Å². The maximum atomic E-state index is 12.4. The number of nitrogens with zero attached hydrogens (tertiary/aromatic N) is 1. The Bertz CT molecular complexity index is 1230. The Morgan fingerprint density at radius 2 is 2.00 bits per heavy atom. The normalized spacial score (nSPS) is 11.4. The molecule has 4 aromatic rings. The maximum absolute atomic E-state index is 12.4. The predicted molar refractivity (Wildman–Crippen MR) is 111 cm³/mol. The molecule has 1 heterocycles. The Hall–Kier alpha value is -3.32. The van der Waals surface area contributed by atoms with Crippen molar-refractivity contribution in [3.05, 3.63) is 70.4 Å². The van der Waals surface area contributed by atoms with Crippen LogP contribution >= 0.6 is 15.9 Å². The van der Waals surface area contributed by atoms with Crippen molar-refractivity contribution in [3.8, 4) is 11.5 Å². The number of fused-ring (bicyclic) bond motifs is 3. The fourth-order valence-corrected chi connectivity index (χ4v) is 3.42. The van der Waals surface area contributed by atoms with Crippen molar-refractivity contribution >= 4 is 49.8 Å². The van der Waals surface area contributed by atoms with E-state index in [0.717, 1.165) is 16.2 Å². The Kier molecular flexibility index (Phi) is 4.75. The molecule has 1 aromatic heterocycles. The summed E-state index contributed by atoms with van der Waals surface area (Å²) in [7, 11) is 1.45. The van der Waals surface area contributed by atoms with Crippen LogP contribution in [0.5, 0.6) is 11.5 Å². The van der Waals surface area contributed by atoms with Gasteiger partial charge in [0.25, 0.3) is 0 Å². The predicted octanol–water partition coefficient (Wildman–Crippen LogP) is 4.83. The van der Waals surface area contributed by atoms with Crippen molar-refractivity contribution in [1.29, 1.82) is 0 Å². The van der Waals surface area contributed by atoms with E-state index in [-0.39, 0.29) is 11.5 Å². The molecule has 0 fully saturated rings. The Morgan fingerprint density at radius 1 is 1.18 bits per heavy atom. The molecule has 28 heavy (non-hydrogen) atoms. The number of hydrogen-bond acceptors (Lipinski definition) is 5. The van der Waals surface area contributed by atoms with Crippen LogP contribution in [0.2, 0.25) is 0 Å². The molecule has 0 aliphatic rings. The van der Waals surface area contributed by atoms with Crippen molar-refractivity contribution in [1.82, 2.24) is 5.43 Å². The molecule has 7 heteroatoms. The summed E-state index contributed by atoms with van der Waals surface area (Å²) in [5.74, 6) is -0.109. The molecule has 0 aliphatic carbocycles. The summed E-state index contributed by atoms with van der Waals surface area (Å²) in [6, 6.07) is 16.7. The van der Waals surface area contributed by atoms with Gasteiger partial charge in [-0.25, -0.2) is 5.43 Å². The number of nitrogens with one attached hydrogen (secondary N) is 1. The first kappa shape index (κ1) is 18.1. The van der Waals surface area contributed by atoms with Gasteiger partial charge in [-0.3, -0.25) is 4.79 Å². The number of hydrazone groups is 1. The third kappa shape index (κ3) is 3.32. The number of carbonyl (C=O) groups is 1. The van der Waals surface area contributed by atoms with E-state index in [1.807, 2.05) is 36.4 Å². The first-order valence-electron chi connectivity index (χ1n) is 8.38. The molecule has 0 unspecified atom stereocenters. The first-order valence-corrected chi connectivity index (χ1v) is 9.17. The van der Waals surface area contributed by atoms with Crippen LogP contribution in [0.3, 0.4) is 0 Å². The lowest BCUT2D eigenvalue weighted by molar-refractivity contribution is 0.0929. The van der Waals surface area contributed by atoms with Gasteiger partial charge in [-0.05, 0) is 35.0 Å². The number of ether oxygens (including phenoxy) is 1. The number of rotatable bonds is 4. The van der Waals surface area contributed by atoms with E-state index in [0.29, 0.717) is 21.4 Å². The van der Waals surface area contributed by atoms with Crippen LogP contribution in [0.4, 0.5) is 0 Å². The number of aromatic hydroxyl groups is 1. The number of phenols is 1. The summed E-state index contributed by atoms with van der Waals surface area (Å²) in [4.78, 5) is 12.4. The first-order chi connectivity index (χ1) is 13.6. The lowest BCUT2D eigenvalue weighted by Crippen LogP contribution is -2.16. The van der Waals surface area contributed by atoms with Crippen molar-refractivity contribution in [3.63, 3.8) is 0 Å². The smallest absolute Gasteiger partial charge is 0.307 e. The van der Waals surface area contributed by atoms with E-state index in [1.54, 1.807) is 18.2 Å². The molecule has 0 saturated heterocycles. The van der Waals surface area contributed by atoms with E-state index >= 15 is 0 Å². The number of phenolic OH excluding ortho intramolecular Hbond substituents is 1. The van der Waals surface area contributed by atoms with Crippen LogP contribution in [0, 0.1) is 0 Å². The zero-order valence-corrected chi connectivity index (χ0v) is 16.4. The van der Waals surface area contributed by atoms with Gasteiger partial charge in [0.1, 0.15) is 5.58 Å². The summed E-state index contributed by atoms with van der Waals surface area (Å²) in [5.41, 5.74) is 3.43. The van der Waals surface area contributed by atoms with Gasteiger partial charge in [0.2, 0.25) is 0 Å². The summed E-state index contributed by atoms with van der Waals surface area (Å²) in [5, 5.41) is 17.0. The molecule has 0 atom stereocenters. The number of hydrogen-bond donors (Lipinski definition) is 2. The summed E-state index contributed by atoms with van der Waals surface area (Å²) < 4.78 is 11.5. The number of benzene rings is 3. The summed E-state index contributed by atoms with van der Waals surface area (Å²) in [6.45, 7) is 0. The third-order valence-corrected chi connectivity index (χ3v) is 4.77. The van der Waals surface area contributed by atoms with Gasteiger partial charge >= 0.3 is 5.91 Å². The molecule has 6 nitrogen and oxygen atoms in total. The summed E-state index contributed by atoms with van der Waals surface area (Å²) >= 11 is 3.33. The van der Waals surface area contributed by atoms with Crippen molar-refractivity contribution < 1.29 is 19.1 Å². The van der Waals surface area contributed by atoms with E-state index in [4.69, 9.17) is 9.15 Å². The Morgan fingerprint density at radius 3 is 2.82 bits per heavy atom.